The Bertz CT molecular complexity index is 829. The van der Waals surface area contributed by atoms with E-state index in [0.717, 1.165) is 0 Å². The quantitative estimate of drug-likeness (QED) is 0.844. The molecule has 0 aliphatic carbocycles. The van der Waals surface area contributed by atoms with E-state index >= 15 is 0 Å². The fraction of sp³-hybridized carbons (Fsp3) is 0.158. The van der Waals surface area contributed by atoms with E-state index in [9.17, 15) is 14.7 Å². The normalized spacial score (nSPS) is 19.2. The summed E-state index contributed by atoms with van der Waals surface area (Å²) in [5, 5.41) is 11.5. The smallest absolute Gasteiger partial charge is 0.405 e. The van der Waals surface area contributed by atoms with Crippen molar-refractivity contribution in [3.8, 4) is 18.1 Å². The number of carbonyl (C=O) groups is 2. The fourth-order valence-electron chi connectivity index (χ4n) is 2.83. The summed E-state index contributed by atoms with van der Waals surface area (Å²) in [5.74, 6) is 2.45. The minimum absolute atomic E-state index is 0.0124. The van der Waals surface area contributed by atoms with Crippen LogP contribution in [0, 0.1) is 12.3 Å². The lowest BCUT2D eigenvalue weighted by Crippen LogP contribution is -2.51. The van der Waals surface area contributed by atoms with Crippen molar-refractivity contribution in [1.82, 2.24) is 5.32 Å². The Morgan fingerprint density at radius 2 is 1.88 bits per heavy atom. The zero-order chi connectivity index (χ0) is 17.8. The van der Waals surface area contributed by atoms with Crippen molar-refractivity contribution in [3.63, 3.8) is 0 Å². The number of benzene rings is 2. The second-order valence-corrected chi connectivity index (χ2v) is 5.47. The number of fused-ring (bicyclic) bond motifs is 1. The minimum Gasteiger partial charge on any atom is -0.481 e. The van der Waals surface area contributed by atoms with Gasteiger partial charge in [0.15, 0.2) is 12.1 Å². The molecule has 0 unspecified atom stereocenters. The molecule has 0 radical (unpaired) electrons. The highest BCUT2D eigenvalue weighted by atomic mass is 16.5. The van der Waals surface area contributed by atoms with E-state index in [0.29, 0.717) is 17.0 Å². The zero-order valence-corrected chi connectivity index (χ0v) is 13.3. The number of ether oxygens (including phenoxy) is 1. The van der Waals surface area contributed by atoms with Gasteiger partial charge in [0.2, 0.25) is 0 Å². The lowest BCUT2D eigenvalue weighted by atomic mass is 10.0. The number of carboxylic acid groups (broad SMARTS) is 1. The van der Waals surface area contributed by atoms with Crippen LogP contribution in [0.2, 0.25) is 0 Å². The summed E-state index contributed by atoms with van der Waals surface area (Å²) in [5.41, 5.74) is 1.20. The number of hydrogen-bond donors (Lipinski definition) is 2. The molecule has 1 heterocycles. The predicted octanol–water partition coefficient (Wildman–Crippen LogP) is 2.42. The summed E-state index contributed by atoms with van der Waals surface area (Å²) in [4.78, 5) is 25.7. The van der Waals surface area contributed by atoms with Crippen LogP contribution >= 0.6 is 0 Å². The molecule has 0 aromatic heterocycles. The van der Waals surface area contributed by atoms with Gasteiger partial charge in [-0.25, -0.2) is 4.79 Å². The third kappa shape index (κ3) is 3.26. The first-order chi connectivity index (χ1) is 12.1. The maximum Gasteiger partial charge on any atom is 0.405 e. The molecule has 126 valence electrons. The van der Waals surface area contributed by atoms with Crippen molar-refractivity contribution in [3.05, 3.63) is 60.2 Å². The number of nitrogens with one attached hydrogen (secondary N) is 1. The number of carbonyl (C=O) groups excluding carboxylic acids is 1. The van der Waals surface area contributed by atoms with Gasteiger partial charge in [0.05, 0.1) is 12.2 Å². The van der Waals surface area contributed by atoms with E-state index in [1.54, 1.807) is 48.5 Å². The van der Waals surface area contributed by atoms with Crippen molar-refractivity contribution in [2.24, 2.45) is 0 Å². The monoisotopic (exact) mass is 336 g/mol. The van der Waals surface area contributed by atoms with Crippen molar-refractivity contribution >= 4 is 17.7 Å². The average molecular weight is 336 g/mol. The first kappa shape index (κ1) is 16.4. The number of amides is 2. The van der Waals surface area contributed by atoms with Crippen LogP contribution in [0.15, 0.2) is 54.6 Å². The Kier molecular flexibility index (Phi) is 4.57. The van der Waals surface area contributed by atoms with Gasteiger partial charge in [0, 0.05) is 0 Å². The van der Waals surface area contributed by atoms with Crippen LogP contribution in [-0.2, 0) is 4.79 Å². The maximum absolute atomic E-state index is 13.0. The molecule has 3 rings (SSSR count). The molecule has 0 saturated carbocycles. The molecule has 2 N–H and O–H groups in total. The molecule has 6 heteroatoms. The standard InChI is InChI=1S/C19H16N2O4/c1-2-12-21-14-10-6-7-11-15(14)25-17(13-8-4-3-5-9-13)16(18(21)22)20-19(23)24/h1,3-11,16-17,20H,12H2,(H,23,24)/t16-,17-/m0/s1. The van der Waals surface area contributed by atoms with Crippen molar-refractivity contribution < 1.29 is 19.4 Å². The summed E-state index contributed by atoms with van der Waals surface area (Å²) >= 11 is 0. The predicted molar refractivity (Wildman–Crippen MR) is 92.4 cm³/mol. The van der Waals surface area contributed by atoms with Gasteiger partial charge in [-0.3, -0.25) is 9.69 Å². The Morgan fingerprint density at radius 1 is 1.20 bits per heavy atom. The van der Waals surface area contributed by atoms with Gasteiger partial charge in [-0.2, -0.15) is 0 Å². The Labute approximate surface area is 145 Å². The maximum atomic E-state index is 13.0. The van der Waals surface area contributed by atoms with Gasteiger partial charge in [0.25, 0.3) is 5.91 Å². The molecule has 1 aliphatic heterocycles. The molecule has 1 aliphatic rings. The molecule has 0 fully saturated rings. The minimum atomic E-state index is -1.31. The van der Waals surface area contributed by atoms with Crippen LogP contribution in [0.4, 0.5) is 10.5 Å². The van der Waals surface area contributed by atoms with E-state index in [4.69, 9.17) is 11.2 Å². The van der Waals surface area contributed by atoms with Crippen LogP contribution in [-0.4, -0.2) is 29.7 Å². The van der Waals surface area contributed by atoms with Crippen LogP contribution < -0.4 is 15.0 Å². The van der Waals surface area contributed by atoms with Crippen LogP contribution in [0.25, 0.3) is 0 Å². The third-order valence-corrected chi connectivity index (χ3v) is 3.90. The molecule has 6 nitrogen and oxygen atoms in total. The molecule has 25 heavy (non-hydrogen) atoms. The van der Waals surface area contributed by atoms with Gasteiger partial charge in [0.1, 0.15) is 5.75 Å². The third-order valence-electron chi connectivity index (χ3n) is 3.90. The summed E-state index contributed by atoms with van der Waals surface area (Å²) in [6, 6.07) is 14.9. The topological polar surface area (TPSA) is 78.9 Å². The average Bonchev–Trinajstić information content (AvgIpc) is 2.73. The van der Waals surface area contributed by atoms with E-state index in [1.807, 2.05) is 6.07 Å². The molecular formula is C19H16N2O4. The van der Waals surface area contributed by atoms with Crippen molar-refractivity contribution in [1.29, 1.82) is 0 Å². The van der Waals surface area contributed by atoms with Crippen molar-refractivity contribution in [2.45, 2.75) is 12.1 Å². The van der Waals surface area contributed by atoms with E-state index in [-0.39, 0.29) is 6.54 Å². The number of hydrogen-bond acceptors (Lipinski definition) is 3. The van der Waals surface area contributed by atoms with Crippen molar-refractivity contribution in [2.75, 3.05) is 11.4 Å². The molecule has 2 aromatic carbocycles. The summed E-state index contributed by atoms with van der Waals surface area (Å²) in [6.07, 6.45) is 3.28. The van der Waals surface area contributed by atoms with Gasteiger partial charge < -0.3 is 15.2 Å². The van der Waals surface area contributed by atoms with E-state index in [1.165, 1.54) is 4.90 Å². The first-order valence-corrected chi connectivity index (χ1v) is 7.66. The number of rotatable bonds is 3. The second kappa shape index (κ2) is 6.97. The molecule has 0 saturated heterocycles. The Balaban J connectivity index is 2.13. The lowest BCUT2D eigenvalue weighted by molar-refractivity contribution is -0.122. The lowest BCUT2D eigenvalue weighted by Gasteiger charge is -2.26. The molecule has 2 atom stereocenters. The van der Waals surface area contributed by atoms with Gasteiger partial charge in [-0.1, -0.05) is 48.4 Å². The number of para-hydroxylation sites is 2. The summed E-state index contributed by atoms with van der Waals surface area (Å²) in [6.45, 7) is 0.0124. The number of anilines is 1. The molecule has 0 spiro atoms. The molecule has 0 bridgehead atoms. The molecule has 2 aromatic rings. The van der Waals surface area contributed by atoms with Gasteiger partial charge in [-0.15, -0.1) is 6.42 Å². The fourth-order valence-corrected chi connectivity index (χ4v) is 2.83. The SMILES string of the molecule is C#CCN1C(=O)[C@@H](NC(=O)O)[C@H](c2ccccc2)Oc2ccccc21. The number of terminal acetylenes is 1. The van der Waals surface area contributed by atoms with Gasteiger partial charge >= 0.3 is 6.09 Å². The number of nitrogens with zero attached hydrogens (tertiary/aromatic N) is 1. The Morgan fingerprint density at radius 3 is 2.56 bits per heavy atom. The van der Waals surface area contributed by atoms with Crippen LogP contribution in [0.5, 0.6) is 5.75 Å². The summed E-state index contributed by atoms with van der Waals surface area (Å²) < 4.78 is 6.05. The zero-order valence-electron chi connectivity index (χ0n) is 13.3. The highest BCUT2D eigenvalue weighted by molar-refractivity contribution is 6.01. The molecular weight excluding hydrogens is 320 g/mol. The van der Waals surface area contributed by atoms with Crippen LogP contribution in [0.1, 0.15) is 11.7 Å². The van der Waals surface area contributed by atoms with E-state index in [2.05, 4.69) is 11.2 Å². The van der Waals surface area contributed by atoms with E-state index < -0.39 is 24.1 Å². The second-order valence-electron chi connectivity index (χ2n) is 5.47. The van der Waals surface area contributed by atoms with Crippen LogP contribution in [0.3, 0.4) is 0 Å². The summed E-state index contributed by atoms with van der Waals surface area (Å²) in [7, 11) is 0. The first-order valence-electron chi connectivity index (χ1n) is 7.66. The largest absolute Gasteiger partial charge is 0.481 e. The Hall–Kier alpha value is -3.46. The molecule has 2 amide bonds. The highest BCUT2D eigenvalue weighted by Crippen LogP contribution is 2.37. The van der Waals surface area contributed by atoms with Gasteiger partial charge in [-0.05, 0) is 17.7 Å². The highest BCUT2D eigenvalue weighted by Gasteiger charge is 2.40.